The van der Waals surface area contributed by atoms with Crippen molar-refractivity contribution in [2.75, 3.05) is 25.4 Å². The Bertz CT molecular complexity index is 979. The molecule has 32 heavy (non-hydrogen) atoms. The van der Waals surface area contributed by atoms with Crippen molar-refractivity contribution in [1.82, 2.24) is 24.8 Å². The largest absolute Gasteiger partial charge is 0.404 e. The molecule has 0 amide bonds. The second-order valence-corrected chi connectivity index (χ2v) is 8.99. The first-order valence-electron chi connectivity index (χ1n) is 10.8. The zero-order valence-corrected chi connectivity index (χ0v) is 17.4. The van der Waals surface area contributed by atoms with Crippen molar-refractivity contribution in [1.29, 1.82) is 0 Å². The third-order valence-corrected chi connectivity index (χ3v) is 7.31. The SMILES string of the molecule is Nc1ncnc2c1ccn2[C@@H]1O[C@H](CN2C(C(F)(F)F)CCC23CCNCC3)[C@@H](O)[C@H]1O. The highest BCUT2D eigenvalue weighted by Gasteiger charge is 2.57. The van der Waals surface area contributed by atoms with Gasteiger partial charge < -0.3 is 30.6 Å². The number of aromatic nitrogens is 3. The molecule has 12 heteroatoms. The van der Waals surface area contributed by atoms with E-state index < -0.39 is 42.3 Å². The highest BCUT2D eigenvalue weighted by molar-refractivity contribution is 5.86. The molecule has 176 valence electrons. The highest BCUT2D eigenvalue weighted by Crippen LogP contribution is 2.46. The smallest absolute Gasteiger partial charge is 0.387 e. The number of ether oxygens (including phenoxy) is 1. The van der Waals surface area contributed by atoms with Gasteiger partial charge in [0.25, 0.3) is 0 Å². The lowest BCUT2D eigenvalue weighted by atomic mass is 9.85. The number of alkyl halides is 3. The number of hydrogen-bond acceptors (Lipinski definition) is 8. The van der Waals surface area contributed by atoms with Crippen molar-refractivity contribution < 1.29 is 28.1 Å². The van der Waals surface area contributed by atoms with E-state index in [2.05, 4.69) is 15.3 Å². The fraction of sp³-hybridized carbons (Fsp3) is 0.700. The van der Waals surface area contributed by atoms with E-state index in [4.69, 9.17) is 10.5 Å². The summed E-state index contributed by atoms with van der Waals surface area (Å²) in [5, 5.41) is 25.2. The van der Waals surface area contributed by atoms with Crippen molar-refractivity contribution in [2.24, 2.45) is 0 Å². The molecule has 0 aromatic carbocycles. The van der Waals surface area contributed by atoms with E-state index in [1.165, 1.54) is 15.8 Å². The first-order chi connectivity index (χ1) is 15.2. The molecule has 3 fully saturated rings. The van der Waals surface area contributed by atoms with Gasteiger partial charge in [-0.2, -0.15) is 13.2 Å². The average molecular weight is 456 g/mol. The number of anilines is 1. The lowest BCUT2D eigenvalue weighted by Crippen LogP contribution is -2.58. The van der Waals surface area contributed by atoms with Crippen LogP contribution in [0.3, 0.4) is 0 Å². The van der Waals surface area contributed by atoms with Gasteiger partial charge in [0.15, 0.2) is 6.23 Å². The van der Waals surface area contributed by atoms with E-state index in [0.717, 1.165) is 0 Å². The summed E-state index contributed by atoms with van der Waals surface area (Å²) in [5.41, 5.74) is 5.70. The zero-order chi connectivity index (χ0) is 22.7. The summed E-state index contributed by atoms with van der Waals surface area (Å²) in [7, 11) is 0. The lowest BCUT2D eigenvalue weighted by molar-refractivity contribution is -0.192. The number of fused-ring (bicyclic) bond motifs is 1. The fourth-order valence-corrected chi connectivity index (χ4v) is 5.63. The van der Waals surface area contributed by atoms with Crippen LogP contribution in [0.15, 0.2) is 18.6 Å². The third kappa shape index (κ3) is 3.45. The molecule has 1 unspecified atom stereocenters. The maximum Gasteiger partial charge on any atom is 0.404 e. The Balaban J connectivity index is 1.42. The number of aliphatic hydroxyl groups is 2. The Morgan fingerprint density at radius 3 is 2.66 bits per heavy atom. The number of rotatable bonds is 3. The van der Waals surface area contributed by atoms with Crippen molar-refractivity contribution in [2.45, 2.75) is 68.0 Å². The van der Waals surface area contributed by atoms with Crippen LogP contribution >= 0.6 is 0 Å². The van der Waals surface area contributed by atoms with Gasteiger partial charge in [0.2, 0.25) is 0 Å². The Morgan fingerprint density at radius 1 is 1.19 bits per heavy atom. The van der Waals surface area contributed by atoms with Gasteiger partial charge in [0.1, 0.15) is 42.1 Å². The summed E-state index contributed by atoms with van der Waals surface area (Å²) in [6.45, 7) is 1.18. The number of likely N-dealkylation sites (tertiary alicyclic amines) is 1. The van der Waals surface area contributed by atoms with Gasteiger partial charge in [-0.25, -0.2) is 9.97 Å². The minimum atomic E-state index is -4.37. The molecule has 2 aromatic rings. The second-order valence-electron chi connectivity index (χ2n) is 8.99. The summed E-state index contributed by atoms with van der Waals surface area (Å²) >= 11 is 0. The predicted octanol–water partition coefficient (Wildman–Crippen LogP) is 0.782. The Morgan fingerprint density at radius 2 is 1.94 bits per heavy atom. The summed E-state index contributed by atoms with van der Waals surface area (Å²) < 4.78 is 49.1. The Hall–Kier alpha value is -1.99. The van der Waals surface area contributed by atoms with Crippen molar-refractivity contribution in [3.8, 4) is 0 Å². The Kier molecular flexibility index (Phi) is 5.32. The van der Waals surface area contributed by atoms with Gasteiger partial charge in [-0.15, -0.1) is 0 Å². The molecule has 0 saturated carbocycles. The topological polar surface area (TPSA) is 122 Å². The molecule has 3 aliphatic heterocycles. The molecule has 3 saturated heterocycles. The number of nitrogens with zero attached hydrogens (tertiary/aromatic N) is 4. The molecule has 5 atom stereocenters. The van der Waals surface area contributed by atoms with Gasteiger partial charge in [0.05, 0.1) is 5.39 Å². The number of nitrogens with one attached hydrogen (secondary N) is 1. The number of halogens is 3. The maximum atomic E-state index is 13.9. The monoisotopic (exact) mass is 456 g/mol. The lowest BCUT2D eigenvalue weighted by Gasteiger charge is -2.45. The summed E-state index contributed by atoms with van der Waals surface area (Å²) in [4.78, 5) is 9.58. The predicted molar refractivity (Wildman–Crippen MR) is 108 cm³/mol. The van der Waals surface area contributed by atoms with Crippen LogP contribution in [0, 0.1) is 0 Å². The summed E-state index contributed by atoms with van der Waals surface area (Å²) in [5.74, 6) is 0.260. The average Bonchev–Trinajstić information content (AvgIpc) is 3.40. The minimum Gasteiger partial charge on any atom is -0.387 e. The fourth-order valence-electron chi connectivity index (χ4n) is 5.63. The molecular formula is C20H27F3N6O3. The molecule has 0 bridgehead atoms. The molecule has 0 radical (unpaired) electrons. The van der Waals surface area contributed by atoms with Crippen LogP contribution in [0.25, 0.3) is 11.0 Å². The van der Waals surface area contributed by atoms with Crippen LogP contribution in [0.2, 0.25) is 0 Å². The molecule has 5 N–H and O–H groups in total. The van der Waals surface area contributed by atoms with Crippen LogP contribution in [0.5, 0.6) is 0 Å². The molecule has 1 spiro atoms. The molecule has 5 heterocycles. The molecule has 9 nitrogen and oxygen atoms in total. The van der Waals surface area contributed by atoms with Gasteiger partial charge in [-0.3, -0.25) is 4.90 Å². The normalized spacial score (nSPS) is 33.5. The van der Waals surface area contributed by atoms with E-state index in [1.54, 1.807) is 12.3 Å². The third-order valence-electron chi connectivity index (χ3n) is 7.31. The maximum absolute atomic E-state index is 13.9. The van der Waals surface area contributed by atoms with Crippen LogP contribution in [-0.2, 0) is 4.74 Å². The van der Waals surface area contributed by atoms with Gasteiger partial charge >= 0.3 is 6.18 Å². The van der Waals surface area contributed by atoms with Crippen molar-refractivity contribution in [3.05, 3.63) is 18.6 Å². The standard InChI is InChI=1S/C20H27F3N6O3/c21-20(22,23)13-1-3-19(4-6-25-7-5-19)29(13)9-12-14(30)15(31)18(32-12)28-8-2-11-16(24)26-10-27-17(11)28/h2,8,10,12-15,18,25,30-31H,1,3-7,9H2,(H2,24,26,27)/t12-,13?,14-,15-,18-/m1/s1. The number of nitrogens with two attached hydrogens (primary N) is 1. The molecular weight excluding hydrogens is 429 g/mol. The molecule has 3 aliphatic rings. The van der Waals surface area contributed by atoms with Crippen LogP contribution < -0.4 is 11.1 Å². The second kappa shape index (κ2) is 7.80. The minimum absolute atomic E-state index is 0.0245. The van der Waals surface area contributed by atoms with E-state index in [9.17, 15) is 23.4 Å². The molecule has 2 aromatic heterocycles. The first kappa shape index (κ1) is 21.8. The van der Waals surface area contributed by atoms with E-state index >= 15 is 0 Å². The van der Waals surface area contributed by atoms with Gasteiger partial charge in [0, 0.05) is 18.3 Å². The zero-order valence-electron chi connectivity index (χ0n) is 17.4. The van der Waals surface area contributed by atoms with Crippen LogP contribution in [0.1, 0.15) is 31.9 Å². The van der Waals surface area contributed by atoms with E-state index in [0.29, 0.717) is 43.4 Å². The summed E-state index contributed by atoms with van der Waals surface area (Å²) in [6.07, 6.45) is -4.46. The van der Waals surface area contributed by atoms with Gasteiger partial charge in [-0.05, 0) is 44.8 Å². The molecule has 5 rings (SSSR count). The highest BCUT2D eigenvalue weighted by atomic mass is 19.4. The number of hydrogen-bond donors (Lipinski definition) is 4. The van der Waals surface area contributed by atoms with E-state index in [-0.39, 0.29) is 18.8 Å². The number of nitrogen functional groups attached to an aromatic ring is 1. The van der Waals surface area contributed by atoms with Crippen molar-refractivity contribution >= 4 is 16.9 Å². The quantitative estimate of drug-likeness (QED) is 0.535. The first-order valence-corrected chi connectivity index (χ1v) is 10.8. The Labute approximate surface area is 182 Å². The van der Waals surface area contributed by atoms with Crippen molar-refractivity contribution in [3.63, 3.8) is 0 Å². The number of piperidine rings is 1. The van der Waals surface area contributed by atoms with Crippen LogP contribution in [-0.4, -0.2) is 85.4 Å². The van der Waals surface area contributed by atoms with E-state index in [1.807, 2.05) is 0 Å². The molecule has 0 aliphatic carbocycles. The van der Waals surface area contributed by atoms with Gasteiger partial charge in [-0.1, -0.05) is 0 Å². The van der Waals surface area contributed by atoms with Crippen LogP contribution in [0.4, 0.5) is 19.0 Å². The number of aliphatic hydroxyl groups excluding tert-OH is 2. The summed E-state index contributed by atoms with van der Waals surface area (Å²) in [6, 6.07) is 0.0810.